The number of hydrogen-bond donors (Lipinski definition) is 2. The van der Waals surface area contributed by atoms with E-state index in [1.807, 2.05) is 54.8 Å². The fourth-order valence-corrected chi connectivity index (χ4v) is 3.79. The summed E-state index contributed by atoms with van der Waals surface area (Å²) >= 11 is 1.56. The number of fused-ring (bicyclic) bond motifs is 1. The molecule has 0 spiro atoms. The van der Waals surface area contributed by atoms with Gasteiger partial charge >= 0.3 is 5.69 Å². The molecule has 0 atom stereocenters. The maximum absolute atomic E-state index is 12.5. The molecule has 4 aromatic rings. The van der Waals surface area contributed by atoms with Gasteiger partial charge in [-0.15, -0.1) is 11.3 Å². The van der Waals surface area contributed by atoms with Gasteiger partial charge in [0, 0.05) is 35.3 Å². The fourth-order valence-electron chi connectivity index (χ4n) is 2.99. The van der Waals surface area contributed by atoms with Crippen molar-refractivity contribution < 1.29 is 4.79 Å². The van der Waals surface area contributed by atoms with Crippen molar-refractivity contribution >= 4 is 28.3 Å². The predicted molar refractivity (Wildman–Crippen MR) is 107 cm³/mol. The van der Waals surface area contributed by atoms with Crippen molar-refractivity contribution in [3.63, 3.8) is 0 Å². The number of carbonyl (C=O) groups is 1. The Morgan fingerprint density at radius 3 is 2.89 bits per heavy atom. The summed E-state index contributed by atoms with van der Waals surface area (Å²) < 4.78 is 1.63. The first-order valence-electron chi connectivity index (χ1n) is 8.60. The number of para-hydroxylation sites is 2. The van der Waals surface area contributed by atoms with Gasteiger partial charge in [0.15, 0.2) is 0 Å². The molecule has 0 radical (unpaired) electrons. The summed E-state index contributed by atoms with van der Waals surface area (Å²) in [5.74, 6) is -0.169. The monoisotopic (exact) mass is 378 g/mol. The molecule has 0 aliphatic carbocycles. The highest BCUT2D eigenvalue weighted by Crippen LogP contribution is 2.24. The third kappa shape index (κ3) is 3.54. The van der Waals surface area contributed by atoms with Gasteiger partial charge in [-0.3, -0.25) is 9.36 Å². The summed E-state index contributed by atoms with van der Waals surface area (Å²) in [5, 5.41) is 5.77. The van der Waals surface area contributed by atoms with Crippen molar-refractivity contribution in [2.45, 2.75) is 13.5 Å². The molecule has 0 fully saturated rings. The van der Waals surface area contributed by atoms with E-state index in [9.17, 15) is 9.59 Å². The molecule has 0 aliphatic rings. The molecular formula is C20H18N4O2S. The third-order valence-corrected chi connectivity index (χ3v) is 5.30. The molecule has 2 aromatic carbocycles. The van der Waals surface area contributed by atoms with Gasteiger partial charge in [-0.05, 0) is 31.2 Å². The quantitative estimate of drug-likeness (QED) is 0.560. The Balaban J connectivity index is 1.45. The first kappa shape index (κ1) is 17.2. The predicted octanol–water partition coefficient (Wildman–Crippen LogP) is 3.19. The maximum atomic E-state index is 12.5. The zero-order chi connectivity index (χ0) is 18.8. The van der Waals surface area contributed by atoms with Gasteiger partial charge in [-0.25, -0.2) is 9.78 Å². The van der Waals surface area contributed by atoms with Crippen LogP contribution in [0, 0.1) is 6.92 Å². The molecule has 4 rings (SSSR count). The largest absolute Gasteiger partial charge is 0.350 e. The van der Waals surface area contributed by atoms with Crippen LogP contribution in [0.1, 0.15) is 16.1 Å². The second-order valence-corrected chi connectivity index (χ2v) is 7.09. The molecule has 7 heteroatoms. The number of amides is 1. The van der Waals surface area contributed by atoms with Gasteiger partial charge in [-0.1, -0.05) is 24.3 Å². The van der Waals surface area contributed by atoms with Crippen molar-refractivity contribution in [1.82, 2.24) is 19.9 Å². The number of aryl methyl sites for hydroxylation is 1. The normalized spacial score (nSPS) is 11.0. The molecule has 2 heterocycles. The summed E-state index contributed by atoms with van der Waals surface area (Å²) in [6.45, 7) is 2.71. The number of nitrogens with one attached hydrogen (secondary N) is 2. The van der Waals surface area contributed by atoms with E-state index in [1.165, 1.54) is 0 Å². The smallest absolute Gasteiger partial charge is 0.326 e. The van der Waals surface area contributed by atoms with E-state index in [-0.39, 0.29) is 11.6 Å². The lowest BCUT2D eigenvalue weighted by Gasteiger charge is -2.07. The number of imidazole rings is 1. The van der Waals surface area contributed by atoms with E-state index >= 15 is 0 Å². The molecule has 27 heavy (non-hydrogen) atoms. The molecule has 1 amide bonds. The molecule has 0 saturated carbocycles. The number of rotatable bonds is 5. The van der Waals surface area contributed by atoms with Crippen molar-refractivity contribution in [1.29, 1.82) is 0 Å². The van der Waals surface area contributed by atoms with Crippen LogP contribution in [-0.4, -0.2) is 27.0 Å². The molecule has 0 saturated heterocycles. The highest BCUT2D eigenvalue weighted by Gasteiger charge is 2.10. The Kier molecular flexibility index (Phi) is 4.60. The maximum Gasteiger partial charge on any atom is 0.326 e. The molecule has 2 N–H and O–H groups in total. The Labute approximate surface area is 159 Å². The zero-order valence-electron chi connectivity index (χ0n) is 14.7. The molecule has 0 aliphatic heterocycles. The Morgan fingerprint density at radius 1 is 1.22 bits per heavy atom. The van der Waals surface area contributed by atoms with Crippen LogP contribution in [0.3, 0.4) is 0 Å². The Bertz CT molecular complexity index is 1170. The van der Waals surface area contributed by atoms with Crippen LogP contribution in [0.25, 0.3) is 21.6 Å². The topological polar surface area (TPSA) is 79.8 Å². The van der Waals surface area contributed by atoms with Gasteiger partial charge in [-0.2, -0.15) is 0 Å². The van der Waals surface area contributed by atoms with E-state index < -0.39 is 0 Å². The van der Waals surface area contributed by atoms with E-state index in [1.54, 1.807) is 22.0 Å². The number of hydrogen-bond acceptors (Lipinski definition) is 4. The number of aromatic nitrogens is 3. The van der Waals surface area contributed by atoms with Crippen molar-refractivity contribution in [2.24, 2.45) is 0 Å². The molecule has 136 valence electrons. The fraction of sp³-hybridized carbons (Fsp3) is 0.150. The number of aromatic amines is 1. The van der Waals surface area contributed by atoms with Crippen LogP contribution in [0.2, 0.25) is 0 Å². The van der Waals surface area contributed by atoms with Gasteiger partial charge < -0.3 is 10.3 Å². The Hall–Kier alpha value is -3.19. The minimum Gasteiger partial charge on any atom is -0.350 e. The van der Waals surface area contributed by atoms with Crippen LogP contribution >= 0.6 is 11.3 Å². The molecular weight excluding hydrogens is 360 g/mol. The summed E-state index contributed by atoms with van der Waals surface area (Å²) in [4.78, 5) is 31.8. The summed E-state index contributed by atoms with van der Waals surface area (Å²) in [5.41, 5.74) is 3.92. The van der Waals surface area contributed by atoms with Gasteiger partial charge in [0.05, 0.1) is 11.0 Å². The van der Waals surface area contributed by atoms with Crippen molar-refractivity contribution in [2.75, 3.05) is 6.54 Å². The number of benzene rings is 2. The lowest BCUT2D eigenvalue weighted by molar-refractivity contribution is 0.0952. The lowest BCUT2D eigenvalue weighted by Crippen LogP contribution is -2.30. The molecule has 0 unspecified atom stereocenters. The number of carbonyl (C=O) groups excluding carboxylic acids is 1. The van der Waals surface area contributed by atoms with Crippen LogP contribution < -0.4 is 11.0 Å². The molecule has 2 aromatic heterocycles. The molecule has 6 nitrogen and oxygen atoms in total. The number of thiazole rings is 1. The number of H-pyrrole nitrogens is 1. The average molecular weight is 378 g/mol. The van der Waals surface area contributed by atoms with Crippen molar-refractivity contribution in [3.05, 3.63) is 75.7 Å². The van der Waals surface area contributed by atoms with E-state index in [0.717, 1.165) is 27.3 Å². The van der Waals surface area contributed by atoms with Gasteiger partial charge in [0.1, 0.15) is 5.01 Å². The van der Waals surface area contributed by atoms with Crippen LogP contribution in [0.15, 0.2) is 58.7 Å². The lowest BCUT2D eigenvalue weighted by atomic mass is 10.1. The first-order valence-corrected chi connectivity index (χ1v) is 9.48. The standard InChI is InChI=1S/C20H18N4O2S/c1-13-12-27-19(22-13)15-6-4-5-14(11-15)18(25)21-9-10-24-17-8-3-2-7-16(17)23-20(24)26/h2-8,11-12H,9-10H2,1H3,(H,21,25)(H,23,26). The highest BCUT2D eigenvalue weighted by atomic mass is 32.1. The first-order chi connectivity index (χ1) is 13.1. The molecule has 0 bridgehead atoms. The second-order valence-electron chi connectivity index (χ2n) is 6.23. The summed E-state index contributed by atoms with van der Waals surface area (Å²) in [7, 11) is 0. The number of nitrogens with zero attached hydrogens (tertiary/aromatic N) is 2. The van der Waals surface area contributed by atoms with E-state index in [4.69, 9.17) is 0 Å². The van der Waals surface area contributed by atoms with E-state index in [0.29, 0.717) is 18.7 Å². The van der Waals surface area contributed by atoms with Gasteiger partial charge in [0.2, 0.25) is 0 Å². The van der Waals surface area contributed by atoms with Crippen molar-refractivity contribution in [3.8, 4) is 10.6 Å². The van der Waals surface area contributed by atoms with Crippen LogP contribution in [-0.2, 0) is 6.54 Å². The second kappa shape index (κ2) is 7.20. The Morgan fingerprint density at radius 2 is 2.07 bits per heavy atom. The average Bonchev–Trinajstić information content (AvgIpc) is 3.25. The zero-order valence-corrected chi connectivity index (χ0v) is 15.5. The summed E-state index contributed by atoms with van der Waals surface area (Å²) in [6, 6.07) is 14.9. The van der Waals surface area contributed by atoms with Gasteiger partial charge in [0.25, 0.3) is 5.91 Å². The van der Waals surface area contributed by atoms with E-state index in [2.05, 4.69) is 15.3 Å². The SMILES string of the molecule is Cc1csc(-c2cccc(C(=O)NCCn3c(=O)[nH]c4ccccc43)c2)n1. The van der Waals surface area contributed by atoms with Crippen LogP contribution in [0.5, 0.6) is 0 Å². The third-order valence-electron chi connectivity index (χ3n) is 4.29. The minimum atomic E-state index is -0.174. The van der Waals surface area contributed by atoms with Crippen LogP contribution in [0.4, 0.5) is 0 Å². The minimum absolute atomic E-state index is 0.169. The summed E-state index contributed by atoms with van der Waals surface area (Å²) in [6.07, 6.45) is 0. The highest BCUT2D eigenvalue weighted by molar-refractivity contribution is 7.13.